The Morgan fingerprint density at radius 1 is 1.09 bits per heavy atom. The summed E-state index contributed by atoms with van der Waals surface area (Å²) in [6.07, 6.45) is 1.64. The quantitative estimate of drug-likeness (QED) is 0.259. The number of amides is 1. The zero-order valence-corrected chi connectivity index (χ0v) is 26.2. The van der Waals surface area contributed by atoms with Crippen LogP contribution in [-0.2, 0) is 37.3 Å². The number of carbonyl (C=O) groups excluding carboxylic acids is 1. The van der Waals surface area contributed by atoms with Gasteiger partial charge in [-0.3, -0.25) is 28.1 Å². The topological polar surface area (TPSA) is 121 Å². The molecule has 0 spiro atoms. The van der Waals surface area contributed by atoms with Gasteiger partial charge < -0.3 is 10.1 Å². The first-order chi connectivity index (χ1) is 22.0. The molecule has 248 valence electrons. The number of nitrogens with zero attached hydrogens (tertiary/aromatic N) is 7. The monoisotopic (exact) mass is 644 g/mol. The first kappa shape index (κ1) is 33.0. The zero-order valence-electron chi connectivity index (χ0n) is 26.2. The lowest BCUT2D eigenvalue weighted by Gasteiger charge is -2.34. The number of imidazole rings is 1. The molecule has 1 saturated heterocycles. The van der Waals surface area contributed by atoms with Crippen LogP contribution in [0.25, 0.3) is 22.6 Å². The van der Waals surface area contributed by atoms with Crippen LogP contribution in [0.4, 0.5) is 18.0 Å². The number of alkyl carbamates (subject to hydrolysis) is 1. The summed E-state index contributed by atoms with van der Waals surface area (Å²) < 4.78 is 50.8. The number of aryl methyl sites for hydroxylation is 1. The van der Waals surface area contributed by atoms with E-state index in [1.54, 1.807) is 19.2 Å². The number of rotatable bonds is 11. The molecule has 1 aromatic carbocycles. The minimum absolute atomic E-state index is 0.0436. The molecule has 1 atom stereocenters. The average molecular weight is 645 g/mol. The number of halogens is 3. The van der Waals surface area contributed by atoms with Crippen LogP contribution < -0.4 is 16.6 Å². The third-order valence-corrected chi connectivity index (χ3v) is 8.33. The van der Waals surface area contributed by atoms with E-state index in [-0.39, 0.29) is 49.4 Å². The van der Waals surface area contributed by atoms with Gasteiger partial charge in [-0.1, -0.05) is 32.4 Å². The van der Waals surface area contributed by atoms with Gasteiger partial charge in [0.2, 0.25) is 0 Å². The molecule has 0 bridgehead atoms. The molecule has 46 heavy (non-hydrogen) atoms. The summed E-state index contributed by atoms with van der Waals surface area (Å²) in [7, 11) is 0. The lowest BCUT2D eigenvalue weighted by atomic mass is 10.0. The molecule has 12 nitrogen and oxygen atoms in total. The molecule has 1 aliphatic rings. The lowest BCUT2D eigenvalue weighted by Crippen LogP contribution is -2.46. The van der Waals surface area contributed by atoms with E-state index in [0.717, 1.165) is 49.1 Å². The van der Waals surface area contributed by atoms with Gasteiger partial charge in [0.15, 0.2) is 17.9 Å². The van der Waals surface area contributed by atoms with E-state index >= 15 is 0 Å². The third-order valence-electron chi connectivity index (χ3n) is 8.33. The highest BCUT2D eigenvalue weighted by Crippen LogP contribution is 2.30. The molecule has 0 aliphatic carbocycles. The number of likely N-dealkylation sites (tertiary alicyclic amines) is 1. The van der Waals surface area contributed by atoms with Crippen LogP contribution >= 0.6 is 0 Å². The Hall–Kier alpha value is -4.40. The standard InChI is InChI=1S/C31H39F3N8O4/c1-4-13-41-28(43)25-27(40(6-3)30(41)45)37-26(42(25)20-46-29(44)35-17-24-12-7-8-14-38(24)5-2)22-16-36-39(19-22)18-21-10-9-11-23(15-21)31(32,33)34/h9-11,15-16,19,24H,4-8,12-14,17-18,20H2,1-3H3,(H,35,44)/t24-/m0/s1. The Kier molecular flexibility index (Phi) is 9.99. The highest BCUT2D eigenvalue weighted by Gasteiger charge is 2.30. The molecule has 3 aromatic heterocycles. The van der Waals surface area contributed by atoms with Crippen LogP contribution in [0.5, 0.6) is 0 Å². The van der Waals surface area contributed by atoms with Crippen molar-refractivity contribution in [1.29, 1.82) is 0 Å². The minimum atomic E-state index is -4.48. The van der Waals surface area contributed by atoms with Crippen LogP contribution in [-0.4, -0.2) is 65.1 Å². The summed E-state index contributed by atoms with van der Waals surface area (Å²) >= 11 is 0. The van der Waals surface area contributed by atoms with E-state index in [1.165, 1.54) is 26.1 Å². The van der Waals surface area contributed by atoms with Crippen molar-refractivity contribution >= 4 is 17.3 Å². The number of fused-ring (bicyclic) bond motifs is 1. The molecule has 5 rings (SSSR count). The van der Waals surface area contributed by atoms with E-state index in [1.807, 2.05) is 6.92 Å². The Balaban J connectivity index is 1.48. The highest BCUT2D eigenvalue weighted by atomic mass is 19.4. The minimum Gasteiger partial charge on any atom is -0.428 e. The number of nitrogens with one attached hydrogen (secondary N) is 1. The Bertz CT molecular complexity index is 1810. The van der Waals surface area contributed by atoms with Crippen LogP contribution in [0.15, 0.2) is 46.2 Å². The fourth-order valence-electron chi connectivity index (χ4n) is 6.02. The van der Waals surface area contributed by atoms with Crippen LogP contribution in [0, 0.1) is 0 Å². The van der Waals surface area contributed by atoms with Crippen LogP contribution in [0.3, 0.4) is 0 Å². The summed E-state index contributed by atoms with van der Waals surface area (Å²) in [6, 6.07) is 5.18. The van der Waals surface area contributed by atoms with E-state index in [0.29, 0.717) is 24.1 Å². The molecule has 0 saturated carbocycles. The molecule has 1 N–H and O–H groups in total. The largest absolute Gasteiger partial charge is 0.428 e. The van der Waals surface area contributed by atoms with E-state index < -0.39 is 29.1 Å². The molecule has 4 aromatic rings. The average Bonchev–Trinajstić information content (AvgIpc) is 3.66. The summed E-state index contributed by atoms with van der Waals surface area (Å²) in [5.74, 6) is 0.218. The molecule has 4 heterocycles. The van der Waals surface area contributed by atoms with Gasteiger partial charge in [-0.2, -0.15) is 18.3 Å². The Morgan fingerprint density at radius 2 is 1.89 bits per heavy atom. The molecule has 0 radical (unpaired) electrons. The molecule has 1 fully saturated rings. The van der Waals surface area contributed by atoms with Crippen molar-refractivity contribution in [2.24, 2.45) is 0 Å². The number of carbonyl (C=O) groups is 1. The van der Waals surface area contributed by atoms with Crippen LogP contribution in [0.2, 0.25) is 0 Å². The number of hydrogen-bond acceptors (Lipinski definition) is 7. The number of ether oxygens (including phenoxy) is 1. The number of alkyl halides is 3. The second kappa shape index (κ2) is 13.9. The third kappa shape index (κ3) is 6.88. The second-order valence-corrected chi connectivity index (χ2v) is 11.4. The second-order valence-electron chi connectivity index (χ2n) is 11.4. The predicted molar refractivity (Wildman–Crippen MR) is 165 cm³/mol. The first-order valence-corrected chi connectivity index (χ1v) is 15.6. The van der Waals surface area contributed by atoms with Gasteiger partial charge in [-0.15, -0.1) is 0 Å². The number of benzene rings is 1. The van der Waals surface area contributed by atoms with Gasteiger partial charge in [-0.25, -0.2) is 14.6 Å². The van der Waals surface area contributed by atoms with Crippen molar-refractivity contribution in [2.75, 3.05) is 19.6 Å². The maximum atomic E-state index is 13.7. The van der Waals surface area contributed by atoms with Crippen LogP contribution in [0.1, 0.15) is 57.6 Å². The van der Waals surface area contributed by atoms with E-state index in [4.69, 9.17) is 4.74 Å². The molecule has 0 unspecified atom stereocenters. The van der Waals surface area contributed by atoms with E-state index in [9.17, 15) is 27.6 Å². The SMILES string of the molecule is CCCn1c(=O)c2c(nc(-c3cnn(Cc4cccc(C(F)(F)F)c4)c3)n2COC(=O)NC[C@@H]2CCCCN2CC)n(CC)c1=O. The van der Waals surface area contributed by atoms with Crippen molar-refractivity contribution in [1.82, 2.24) is 38.7 Å². The normalized spacial score (nSPS) is 15.8. The fourth-order valence-corrected chi connectivity index (χ4v) is 6.02. The Morgan fingerprint density at radius 3 is 2.61 bits per heavy atom. The van der Waals surface area contributed by atoms with Gasteiger partial charge in [-0.05, 0) is 57.0 Å². The smallest absolute Gasteiger partial charge is 0.416 e. The summed E-state index contributed by atoms with van der Waals surface area (Å²) in [4.78, 5) is 46.8. The first-order valence-electron chi connectivity index (χ1n) is 15.6. The zero-order chi connectivity index (χ0) is 33.0. The molecule has 1 amide bonds. The molecular weight excluding hydrogens is 605 g/mol. The van der Waals surface area contributed by atoms with Gasteiger partial charge in [0.05, 0.1) is 23.9 Å². The molecular formula is C31H39F3N8O4. The maximum absolute atomic E-state index is 13.7. The summed E-state index contributed by atoms with van der Waals surface area (Å²) in [5.41, 5.74) is -0.787. The van der Waals surface area contributed by atoms with E-state index in [2.05, 4.69) is 27.2 Å². The van der Waals surface area contributed by atoms with Crippen molar-refractivity contribution in [3.05, 3.63) is 68.6 Å². The summed E-state index contributed by atoms with van der Waals surface area (Å²) in [6.45, 7) is 8.10. The molecule has 1 aliphatic heterocycles. The number of hydrogen-bond donors (Lipinski definition) is 1. The molecule has 15 heteroatoms. The fraction of sp³-hybridized carbons (Fsp3) is 0.516. The van der Waals surface area contributed by atoms with Crippen molar-refractivity contribution in [3.63, 3.8) is 0 Å². The van der Waals surface area contributed by atoms with Gasteiger partial charge in [0, 0.05) is 31.9 Å². The van der Waals surface area contributed by atoms with Gasteiger partial charge in [0.1, 0.15) is 5.82 Å². The highest BCUT2D eigenvalue weighted by molar-refractivity contribution is 5.77. The Labute approximate surface area is 263 Å². The van der Waals surface area contributed by atoms with Crippen molar-refractivity contribution in [3.8, 4) is 11.4 Å². The van der Waals surface area contributed by atoms with Gasteiger partial charge >= 0.3 is 18.0 Å². The number of likely N-dealkylation sites (N-methyl/N-ethyl adjacent to an activating group) is 1. The number of aromatic nitrogens is 6. The lowest BCUT2D eigenvalue weighted by molar-refractivity contribution is -0.137. The predicted octanol–water partition coefficient (Wildman–Crippen LogP) is 4.28. The van der Waals surface area contributed by atoms with Crippen molar-refractivity contribution < 1.29 is 22.7 Å². The maximum Gasteiger partial charge on any atom is 0.416 e. The summed E-state index contributed by atoms with van der Waals surface area (Å²) in [5, 5.41) is 7.16. The van der Waals surface area contributed by atoms with Crippen molar-refractivity contribution in [2.45, 2.75) is 85.0 Å². The number of piperidine rings is 1. The van der Waals surface area contributed by atoms with Gasteiger partial charge in [0.25, 0.3) is 5.56 Å².